The summed E-state index contributed by atoms with van der Waals surface area (Å²) in [6.45, 7) is 1.88. The van der Waals surface area contributed by atoms with Crippen LogP contribution in [-0.2, 0) is 11.2 Å². The molecule has 2 aromatic carbocycles. The van der Waals surface area contributed by atoms with Crippen LogP contribution >= 0.6 is 11.6 Å². The molecule has 1 heterocycles. The molecule has 0 unspecified atom stereocenters. The number of aromatic amines is 1. The average molecular weight is 356 g/mol. The van der Waals surface area contributed by atoms with Crippen molar-refractivity contribution in [2.45, 2.75) is 25.8 Å². The van der Waals surface area contributed by atoms with E-state index in [1.54, 1.807) is 24.3 Å². The number of carbonyl (C=O) groups excluding carboxylic acids is 1. The third-order valence-corrected chi connectivity index (χ3v) is 4.34. The van der Waals surface area contributed by atoms with Crippen LogP contribution in [0.15, 0.2) is 53.3 Å². The minimum Gasteiger partial charge on any atom is -0.350 e. The first-order valence-corrected chi connectivity index (χ1v) is 8.44. The van der Waals surface area contributed by atoms with Gasteiger partial charge in [0.25, 0.3) is 5.56 Å². The number of halogens is 1. The topological polar surface area (TPSA) is 74.8 Å². The lowest BCUT2D eigenvalue weighted by Gasteiger charge is -2.15. The Morgan fingerprint density at radius 3 is 2.72 bits per heavy atom. The van der Waals surface area contributed by atoms with E-state index in [0.717, 1.165) is 5.56 Å². The zero-order valence-electron chi connectivity index (χ0n) is 13.8. The summed E-state index contributed by atoms with van der Waals surface area (Å²) in [5.74, 6) is 0.382. The first kappa shape index (κ1) is 17.2. The number of amides is 1. The summed E-state index contributed by atoms with van der Waals surface area (Å²) in [5.41, 5.74) is 1.31. The molecule has 1 aromatic heterocycles. The van der Waals surface area contributed by atoms with Gasteiger partial charge in [0.2, 0.25) is 5.91 Å². The van der Waals surface area contributed by atoms with Crippen molar-refractivity contribution in [3.05, 3.63) is 75.3 Å². The van der Waals surface area contributed by atoms with Crippen LogP contribution in [0.1, 0.15) is 30.8 Å². The van der Waals surface area contributed by atoms with Crippen molar-refractivity contribution in [3.63, 3.8) is 0 Å². The third kappa shape index (κ3) is 4.06. The van der Waals surface area contributed by atoms with E-state index in [9.17, 15) is 9.59 Å². The predicted octanol–water partition coefficient (Wildman–Crippen LogP) is 3.39. The molecule has 0 spiro atoms. The molecule has 1 amide bonds. The second-order valence-electron chi connectivity index (χ2n) is 5.84. The molecule has 0 radical (unpaired) electrons. The number of hydrogen-bond donors (Lipinski definition) is 2. The highest BCUT2D eigenvalue weighted by atomic mass is 35.5. The van der Waals surface area contributed by atoms with Gasteiger partial charge in [-0.2, -0.15) is 0 Å². The van der Waals surface area contributed by atoms with Gasteiger partial charge in [0.1, 0.15) is 5.82 Å². The predicted molar refractivity (Wildman–Crippen MR) is 98.7 cm³/mol. The van der Waals surface area contributed by atoms with Crippen molar-refractivity contribution >= 4 is 28.4 Å². The maximum absolute atomic E-state index is 12.2. The summed E-state index contributed by atoms with van der Waals surface area (Å²) in [6, 6.07) is 14.4. The first-order valence-electron chi connectivity index (χ1n) is 8.06. The molecular formula is C19H18ClN3O2. The summed E-state index contributed by atoms with van der Waals surface area (Å²) in [5, 5.41) is 4.08. The van der Waals surface area contributed by atoms with Crippen LogP contribution in [0.5, 0.6) is 0 Å². The van der Waals surface area contributed by atoms with Crippen molar-refractivity contribution in [2.75, 3.05) is 0 Å². The summed E-state index contributed by atoms with van der Waals surface area (Å²) in [6.07, 6.45) is 0.594. The van der Waals surface area contributed by atoms with Crippen LogP contribution in [0.25, 0.3) is 10.9 Å². The molecule has 2 N–H and O–H groups in total. The zero-order valence-corrected chi connectivity index (χ0v) is 14.5. The van der Waals surface area contributed by atoms with E-state index in [-0.39, 0.29) is 23.9 Å². The van der Waals surface area contributed by atoms with Gasteiger partial charge in [0.15, 0.2) is 0 Å². The van der Waals surface area contributed by atoms with Gasteiger partial charge in [-0.3, -0.25) is 9.59 Å². The monoisotopic (exact) mass is 355 g/mol. The molecule has 5 nitrogen and oxygen atoms in total. The molecule has 3 aromatic rings. The highest BCUT2D eigenvalue weighted by molar-refractivity contribution is 6.31. The lowest BCUT2D eigenvalue weighted by molar-refractivity contribution is -0.121. The number of para-hydroxylation sites is 1. The Labute approximate surface area is 150 Å². The molecule has 0 saturated carbocycles. The van der Waals surface area contributed by atoms with Gasteiger partial charge < -0.3 is 10.3 Å². The Morgan fingerprint density at radius 2 is 1.92 bits per heavy atom. The van der Waals surface area contributed by atoms with Crippen LogP contribution in [0, 0.1) is 0 Å². The molecule has 25 heavy (non-hydrogen) atoms. The number of benzene rings is 2. The molecule has 1 atom stereocenters. The molecule has 0 bridgehead atoms. The van der Waals surface area contributed by atoms with Gasteiger partial charge in [-0.15, -0.1) is 0 Å². The number of H-pyrrole nitrogens is 1. The Kier molecular flexibility index (Phi) is 5.14. The van der Waals surface area contributed by atoms with Gasteiger partial charge >= 0.3 is 0 Å². The number of aromatic nitrogens is 2. The summed E-state index contributed by atoms with van der Waals surface area (Å²) >= 11 is 6.15. The Hall–Kier alpha value is -2.66. The Bertz CT molecular complexity index is 968. The maximum Gasteiger partial charge on any atom is 0.258 e. The van der Waals surface area contributed by atoms with E-state index in [2.05, 4.69) is 15.3 Å². The highest BCUT2D eigenvalue weighted by Gasteiger charge is 2.13. The third-order valence-electron chi connectivity index (χ3n) is 4.00. The van der Waals surface area contributed by atoms with Gasteiger partial charge in [0, 0.05) is 17.9 Å². The molecule has 0 saturated heterocycles. The van der Waals surface area contributed by atoms with E-state index in [1.165, 1.54) is 0 Å². The molecule has 0 aliphatic carbocycles. The number of hydrogen-bond acceptors (Lipinski definition) is 3. The van der Waals surface area contributed by atoms with E-state index in [4.69, 9.17) is 11.6 Å². The summed E-state index contributed by atoms with van der Waals surface area (Å²) in [4.78, 5) is 31.4. The second kappa shape index (κ2) is 7.49. The lowest BCUT2D eigenvalue weighted by atomic mass is 10.1. The van der Waals surface area contributed by atoms with Crippen molar-refractivity contribution in [1.29, 1.82) is 0 Å². The quantitative estimate of drug-likeness (QED) is 0.736. The zero-order chi connectivity index (χ0) is 17.8. The van der Waals surface area contributed by atoms with Crippen molar-refractivity contribution in [1.82, 2.24) is 15.3 Å². The number of aryl methyl sites for hydroxylation is 1. The van der Waals surface area contributed by atoms with Crippen molar-refractivity contribution < 1.29 is 4.79 Å². The smallest absolute Gasteiger partial charge is 0.258 e. The molecule has 0 aliphatic heterocycles. The van der Waals surface area contributed by atoms with Crippen LogP contribution < -0.4 is 10.9 Å². The lowest BCUT2D eigenvalue weighted by Crippen LogP contribution is -2.27. The second-order valence-corrected chi connectivity index (χ2v) is 6.25. The van der Waals surface area contributed by atoms with Crippen LogP contribution in [-0.4, -0.2) is 15.9 Å². The minimum atomic E-state index is -0.190. The van der Waals surface area contributed by atoms with E-state index in [0.29, 0.717) is 28.2 Å². The fourth-order valence-electron chi connectivity index (χ4n) is 2.70. The summed E-state index contributed by atoms with van der Waals surface area (Å²) < 4.78 is 0. The van der Waals surface area contributed by atoms with Crippen LogP contribution in [0.3, 0.4) is 0 Å². The fourth-order valence-corrected chi connectivity index (χ4v) is 3.00. The standard InChI is InChI=1S/C19H18ClN3O2/c1-12(13-6-2-4-8-15(13)20)21-18(24)11-10-17-22-16-9-5-3-7-14(16)19(25)23-17/h2-9,12H,10-11H2,1H3,(H,21,24)(H,22,23,25)/t12-/m0/s1. The Balaban J connectivity index is 1.65. The normalized spacial score (nSPS) is 12.1. The molecule has 0 aliphatic rings. The number of nitrogens with one attached hydrogen (secondary N) is 2. The number of fused-ring (bicyclic) bond motifs is 1. The van der Waals surface area contributed by atoms with Crippen molar-refractivity contribution in [3.8, 4) is 0 Å². The Morgan fingerprint density at radius 1 is 1.20 bits per heavy atom. The molecule has 0 fully saturated rings. The van der Waals surface area contributed by atoms with Gasteiger partial charge in [-0.25, -0.2) is 4.98 Å². The van der Waals surface area contributed by atoms with Gasteiger partial charge in [0.05, 0.1) is 16.9 Å². The van der Waals surface area contributed by atoms with E-state index in [1.807, 2.05) is 31.2 Å². The van der Waals surface area contributed by atoms with E-state index >= 15 is 0 Å². The fraction of sp³-hybridized carbons (Fsp3) is 0.211. The highest BCUT2D eigenvalue weighted by Crippen LogP contribution is 2.22. The van der Waals surface area contributed by atoms with Crippen LogP contribution in [0.2, 0.25) is 5.02 Å². The summed E-state index contributed by atoms with van der Waals surface area (Å²) in [7, 11) is 0. The van der Waals surface area contributed by atoms with E-state index < -0.39 is 0 Å². The molecule has 3 rings (SSSR count). The van der Waals surface area contributed by atoms with Gasteiger partial charge in [-0.1, -0.05) is 41.9 Å². The van der Waals surface area contributed by atoms with Crippen molar-refractivity contribution in [2.24, 2.45) is 0 Å². The average Bonchev–Trinajstić information content (AvgIpc) is 2.60. The van der Waals surface area contributed by atoms with Gasteiger partial charge in [-0.05, 0) is 30.7 Å². The molecule has 128 valence electrons. The number of nitrogens with zero attached hydrogens (tertiary/aromatic N) is 1. The molecular weight excluding hydrogens is 338 g/mol. The maximum atomic E-state index is 12.2. The van der Waals surface area contributed by atoms with Crippen LogP contribution in [0.4, 0.5) is 0 Å². The molecule has 6 heteroatoms. The number of rotatable bonds is 5. The SMILES string of the molecule is C[C@H](NC(=O)CCc1nc2ccccc2c(=O)[nH]1)c1ccccc1Cl. The number of carbonyl (C=O) groups is 1. The largest absolute Gasteiger partial charge is 0.350 e. The first-order chi connectivity index (χ1) is 12.0. The minimum absolute atomic E-state index is 0.122.